The number of rotatable bonds is 4. The van der Waals surface area contributed by atoms with Crippen molar-refractivity contribution in [3.63, 3.8) is 0 Å². The van der Waals surface area contributed by atoms with Crippen LogP contribution in [0.15, 0.2) is 0 Å². The fourth-order valence-electron chi connectivity index (χ4n) is 2.01. The lowest BCUT2D eigenvalue weighted by Gasteiger charge is -2.34. The van der Waals surface area contributed by atoms with E-state index in [0.717, 1.165) is 11.2 Å². The van der Waals surface area contributed by atoms with Crippen LogP contribution in [0, 0.1) is 5.92 Å². The molecule has 1 aliphatic heterocycles. The van der Waals surface area contributed by atoms with Gasteiger partial charge in [-0.1, -0.05) is 20.8 Å². The van der Waals surface area contributed by atoms with E-state index in [1.165, 1.54) is 24.3 Å². The van der Waals surface area contributed by atoms with Crippen LogP contribution in [0.1, 0.15) is 33.6 Å². The van der Waals surface area contributed by atoms with Crippen LogP contribution in [-0.2, 0) is 0 Å². The van der Waals surface area contributed by atoms with Crippen LogP contribution < -0.4 is 5.73 Å². The molecule has 0 aromatic rings. The third-order valence-electron chi connectivity index (χ3n) is 2.66. The van der Waals surface area contributed by atoms with Gasteiger partial charge < -0.3 is 5.73 Å². The summed E-state index contributed by atoms with van der Waals surface area (Å²) in [4.78, 5) is 0. The van der Waals surface area contributed by atoms with E-state index < -0.39 is 0 Å². The summed E-state index contributed by atoms with van der Waals surface area (Å²) < 4.78 is 0. The number of hydrogen-bond acceptors (Lipinski definition) is 3. The summed E-state index contributed by atoms with van der Waals surface area (Å²) in [5, 5.41) is 1.49. The van der Waals surface area contributed by atoms with Crippen molar-refractivity contribution in [1.82, 2.24) is 0 Å². The molecule has 0 amide bonds. The Hall–Kier alpha value is 0.660. The maximum atomic E-state index is 6.28. The maximum absolute atomic E-state index is 6.28. The largest absolute Gasteiger partial charge is 0.327 e. The summed E-state index contributed by atoms with van der Waals surface area (Å²) in [5.41, 5.74) is 6.28. The Kier molecular flexibility index (Phi) is 5.72. The van der Waals surface area contributed by atoms with E-state index in [2.05, 4.69) is 44.3 Å². The highest BCUT2D eigenvalue weighted by Crippen LogP contribution is 2.35. The lowest BCUT2D eigenvalue weighted by Crippen LogP contribution is -2.42. The molecule has 1 saturated heterocycles. The molecule has 1 fully saturated rings. The summed E-state index contributed by atoms with van der Waals surface area (Å²) in [6, 6.07) is 0.401. The zero-order valence-corrected chi connectivity index (χ0v) is 11.2. The summed E-state index contributed by atoms with van der Waals surface area (Å²) in [7, 11) is 0. The highest BCUT2D eigenvalue weighted by molar-refractivity contribution is 8.07. The normalized spacial score (nSPS) is 30.6. The molecule has 0 bridgehead atoms. The predicted molar refractivity (Wildman–Crippen MR) is 70.2 cm³/mol. The Morgan fingerprint density at radius 3 is 2.50 bits per heavy atom. The van der Waals surface area contributed by atoms with Crippen molar-refractivity contribution in [1.29, 1.82) is 0 Å². The maximum Gasteiger partial charge on any atom is 0.0318 e. The van der Waals surface area contributed by atoms with Gasteiger partial charge in [0.05, 0.1) is 0 Å². The second kappa shape index (κ2) is 6.29. The fourth-order valence-corrected chi connectivity index (χ4v) is 5.22. The van der Waals surface area contributed by atoms with Crippen molar-refractivity contribution in [2.24, 2.45) is 11.7 Å². The lowest BCUT2D eigenvalue weighted by atomic mass is 9.99. The minimum absolute atomic E-state index is 0.401. The van der Waals surface area contributed by atoms with Gasteiger partial charge in [0.1, 0.15) is 0 Å². The molecule has 1 nitrogen and oxygen atoms in total. The van der Waals surface area contributed by atoms with Crippen molar-refractivity contribution in [3.05, 3.63) is 0 Å². The average Bonchev–Trinajstić information content (AvgIpc) is 2.16. The SMILES string of the molecule is CCC1SCCSC1C(N)CC(C)C. The van der Waals surface area contributed by atoms with Gasteiger partial charge in [-0.15, -0.1) is 0 Å². The Labute approximate surface area is 97.0 Å². The highest BCUT2D eigenvalue weighted by atomic mass is 32.2. The standard InChI is InChI=1S/C11H23NS2/c1-4-10-11(14-6-5-13-10)9(12)7-8(2)3/h8-11H,4-7,12H2,1-3H3. The Morgan fingerprint density at radius 2 is 1.93 bits per heavy atom. The summed E-state index contributed by atoms with van der Waals surface area (Å²) in [6.07, 6.45) is 2.45. The molecule has 0 aromatic heterocycles. The van der Waals surface area contributed by atoms with Gasteiger partial charge in [0.25, 0.3) is 0 Å². The first-order chi connectivity index (χ1) is 6.65. The molecule has 0 radical (unpaired) electrons. The number of thioether (sulfide) groups is 2. The van der Waals surface area contributed by atoms with Crippen molar-refractivity contribution >= 4 is 23.5 Å². The van der Waals surface area contributed by atoms with E-state index in [-0.39, 0.29) is 0 Å². The summed E-state index contributed by atoms with van der Waals surface area (Å²) in [6.45, 7) is 6.82. The topological polar surface area (TPSA) is 26.0 Å². The van der Waals surface area contributed by atoms with E-state index in [1.807, 2.05) is 0 Å². The molecular formula is C11H23NS2. The molecule has 3 unspecified atom stereocenters. The second-order valence-corrected chi connectivity index (χ2v) is 7.08. The van der Waals surface area contributed by atoms with Crippen molar-refractivity contribution in [3.8, 4) is 0 Å². The Morgan fingerprint density at radius 1 is 1.29 bits per heavy atom. The van der Waals surface area contributed by atoms with Crippen LogP contribution >= 0.6 is 23.5 Å². The van der Waals surface area contributed by atoms with Crippen molar-refractivity contribution < 1.29 is 0 Å². The first-order valence-electron chi connectivity index (χ1n) is 5.64. The minimum atomic E-state index is 0.401. The smallest absolute Gasteiger partial charge is 0.0318 e. The lowest BCUT2D eigenvalue weighted by molar-refractivity contribution is 0.473. The van der Waals surface area contributed by atoms with Crippen molar-refractivity contribution in [2.75, 3.05) is 11.5 Å². The number of hydrogen-bond donors (Lipinski definition) is 1. The molecule has 3 heteroatoms. The number of nitrogens with two attached hydrogens (primary N) is 1. The van der Waals surface area contributed by atoms with Gasteiger partial charge in [0.2, 0.25) is 0 Å². The average molecular weight is 233 g/mol. The monoisotopic (exact) mass is 233 g/mol. The van der Waals surface area contributed by atoms with Crippen LogP contribution in [0.4, 0.5) is 0 Å². The molecule has 0 aromatic carbocycles. The molecule has 0 spiro atoms. The zero-order valence-electron chi connectivity index (χ0n) is 9.53. The van der Waals surface area contributed by atoms with E-state index in [9.17, 15) is 0 Å². The molecule has 84 valence electrons. The van der Waals surface area contributed by atoms with Crippen LogP contribution in [0.25, 0.3) is 0 Å². The van der Waals surface area contributed by atoms with E-state index in [0.29, 0.717) is 11.3 Å². The van der Waals surface area contributed by atoms with E-state index in [4.69, 9.17) is 5.73 Å². The summed E-state index contributed by atoms with van der Waals surface area (Å²) >= 11 is 4.23. The highest BCUT2D eigenvalue weighted by Gasteiger charge is 2.29. The molecular weight excluding hydrogens is 210 g/mol. The van der Waals surface area contributed by atoms with Crippen LogP contribution in [0.2, 0.25) is 0 Å². The van der Waals surface area contributed by atoms with Gasteiger partial charge in [-0.05, 0) is 18.8 Å². The van der Waals surface area contributed by atoms with Crippen LogP contribution in [0.3, 0.4) is 0 Å². The first-order valence-corrected chi connectivity index (χ1v) is 7.73. The van der Waals surface area contributed by atoms with Gasteiger partial charge in [0.15, 0.2) is 0 Å². The third-order valence-corrected chi connectivity index (χ3v) is 6.09. The molecule has 1 heterocycles. The van der Waals surface area contributed by atoms with Crippen LogP contribution in [0.5, 0.6) is 0 Å². The molecule has 0 aliphatic carbocycles. The van der Waals surface area contributed by atoms with Gasteiger partial charge in [-0.2, -0.15) is 23.5 Å². The quantitative estimate of drug-likeness (QED) is 0.808. The van der Waals surface area contributed by atoms with Crippen LogP contribution in [-0.4, -0.2) is 28.0 Å². The molecule has 2 N–H and O–H groups in total. The van der Waals surface area contributed by atoms with Gasteiger partial charge >= 0.3 is 0 Å². The van der Waals surface area contributed by atoms with Gasteiger partial charge in [-0.3, -0.25) is 0 Å². The van der Waals surface area contributed by atoms with E-state index >= 15 is 0 Å². The van der Waals surface area contributed by atoms with E-state index in [1.54, 1.807) is 0 Å². The summed E-state index contributed by atoms with van der Waals surface area (Å²) in [5.74, 6) is 3.33. The third kappa shape index (κ3) is 3.67. The molecule has 0 saturated carbocycles. The Balaban J connectivity index is 2.45. The predicted octanol–water partition coefficient (Wildman–Crippen LogP) is 2.99. The zero-order chi connectivity index (χ0) is 10.6. The first kappa shape index (κ1) is 12.7. The van der Waals surface area contributed by atoms with Gasteiger partial charge in [-0.25, -0.2) is 0 Å². The van der Waals surface area contributed by atoms with Gasteiger partial charge in [0, 0.05) is 28.0 Å². The molecule has 3 atom stereocenters. The fraction of sp³-hybridized carbons (Fsp3) is 1.00. The second-order valence-electron chi connectivity index (χ2n) is 4.45. The Bertz CT molecular complexity index is 161. The molecule has 1 rings (SSSR count). The molecule has 1 aliphatic rings. The molecule has 14 heavy (non-hydrogen) atoms. The van der Waals surface area contributed by atoms with Crippen molar-refractivity contribution in [2.45, 2.75) is 50.2 Å². The minimum Gasteiger partial charge on any atom is -0.327 e.